The van der Waals surface area contributed by atoms with Crippen molar-refractivity contribution in [3.05, 3.63) is 40.3 Å². The van der Waals surface area contributed by atoms with E-state index in [0.29, 0.717) is 5.96 Å². The fraction of sp³-hybridized carbons (Fsp3) is 0.353. The van der Waals surface area contributed by atoms with Gasteiger partial charge in [0.1, 0.15) is 6.61 Å². The number of hydrogen-bond acceptors (Lipinski definition) is 5. The molecule has 0 saturated carbocycles. The van der Waals surface area contributed by atoms with E-state index < -0.39 is 28.3 Å². The lowest BCUT2D eigenvalue weighted by atomic mass is 10.0. The van der Waals surface area contributed by atoms with Gasteiger partial charge in [-0.05, 0) is 19.1 Å². The van der Waals surface area contributed by atoms with Crippen molar-refractivity contribution < 1.29 is 22.7 Å². The fourth-order valence-corrected chi connectivity index (χ4v) is 4.26. The minimum atomic E-state index is -3.91. The van der Waals surface area contributed by atoms with Gasteiger partial charge in [-0.2, -0.15) is 0 Å². The zero-order valence-corrected chi connectivity index (χ0v) is 16.1. The van der Waals surface area contributed by atoms with Gasteiger partial charge >= 0.3 is 6.09 Å². The average Bonchev–Trinajstić information content (AvgIpc) is 2.57. The smallest absolute Gasteiger partial charge is 0.437 e. The number of amides is 1. The number of Topliss-reactive ketones (excluding diaryl/α,β-unsaturated/α-hetero) is 1. The van der Waals surface area contributed by atoms with E-state index in [1.165, 1.54) is 19.1 Å². The number of benzene rings is 1. The summed E-state index contributed by atoms with van der Waals surface area (Å²) in [4.78, 5) is 31.1. The van der Waals surface area contributed by atoms with E-state index in [4.69, 9.17) is 4.74 Å². The highest BCUT2D eigenvalue weighted by molar-refractivity contribution is 7.95. The summed E-state index contributed by atoms with van der Waals surface area (Å²) < 4.78 is 30.5. The Balaban J connectivity index is 2.30. The molecule has 8 nitrogen and oxygen atoms in total. The molecule has 1 heterocycles. The van der Waals surface area contributed by atoms with E-state index in [1.807, 2.05) is 0 Å². The molecule has 0 aliphatic carbocycles. The van der Waals surface area contributed by atoms with Gasteiger partial charge in [-0.15, -0.1) is 4.99 Å². The second-order valence-electron chi connectivity index (χ2n) is 6.13. The Labute approximate surface area is 152 Å². The van der Waals surface area contributed by atoms with Gasteiger partial charge in [0, 0.05) is 39.3 Å². The third kappa shape index (κ3) is 3.62. The summed E-state index contributed by atoms with van der Waals surface area (Å²) in [7, 11) is 2.92. The SMILES string of the molecule is CC1=C(COC(=O)N=C(N(C)C)N(C)C)S(=O)(=O)c2ccccc2C1=O. The third-order valence-electron chi connectivity index (χ3n) is 3.82. The van der Waals surface area contributed by atoms with Crippen LogP contribution in [-0.2, 0) is 14.6 Å². The number of hydrogen-bond donors (Lipinski definition) is 0. The van der Waals surface area contributed by atoms with Crippen molar-refractivity contribution in [2.75, 3.05) is 34.8 Å². The standard InChI is InChI=1S/C17H21N3O5S/c1-11-14(10-25-17(22)18-16(19(2)3)20(4)5)26(23,24)13-9-7-6-8-12(13)15(11)21/h6-9H,10H2,1-5H3. The number of ketones is 1. The van der Waals surface area contributed by atoms with Crippen LogP contribution in [0.4, 0.5) is 4.79 Å². The van der Waals surface area contributed by atoms with Crippen molar-refractivity contribution in [1.82, 2.24) is 9.80 Å². The van der Waals surface area contributed by atoms with Crippen LogP contribution in [0.15, 0.2) is 44.6 Å². The van der Waals surface area contributed by atoms with Crippen LogP contribution in [-0.4, -0.2) is 70.9 Å². The predicted octanol–water partition coefficient (Wildman–Crippen LogP) is 1.55. The first-order chi connectivity index (χ1) is 12.1. The molecule has 0 spiro atoms. The van der Waals surface area contributed by atoms with E-state index in [9.17, 15) is 18.0 Å². The zero-order chi connectivity index (χ0) is 19.6. The van der Waals surface area contributed by atoms with Crippen LogP contribution in [0.2, 0.25) is 0 Å². The quantitative estimate of drug-likeness (QED) is 0.568. The molecule has 0 fully saturated rings. The topological polar surface area (TPSA) is 96.3 Å². The number of carbonyl (C=O) groups is 2. The van der Waals surface area contributed by atoms with Crippen molar-refractivity contribution in [1.29, 1.82) is 0 Å². The second kappa shape index (κ2) is 7.28. The number of fused-ring (bicyclic) bond motifs is 1. The van der Waals surface area contributed by atoms with Crippen LogP contribution in [0.3, 0.4) is 0 Å². The Morgan fingerprint density at radius 2 is 1.69 bits per heavy atom. The Morgan fingerprint density at radius 1 is 1.12 bits per heavy atom. The summed E-state index contributed by atoms with van der Waals surface area (Å²) in [5.74, 6) is -0.0547. The maximum Gasteiger partial charge on any atom is 0.437 e. The lowest BCUT2D eigenvalue weighted by molar-refractivity contribution is 0.102. The van der Waals surface area contributed by atoms with Crippen LogP contribution < -0.4 is 0 Å². The van der Waals surface area contributed by atoms with Gasteiger partial charge in [0.15, 0.2) is 5.78 Å². The van der Waals surface area contributed by atoms with Gasteiger partial charge in [0.25, 0.3) is 0 Å². The molecule has 0 radical (unpaired) electrons. The van der Waals surface area contributed by atoms with Crippen molar-refractivity contribution in [2.45, 2.75) is 11.8 Å². The van der Waals surface area contributed by atoms with Crippen LogP contribution in [0.25, 0.3) is 0 Å². The van der Waals surface area contributed by atoms with E-state index >= 15 is 0 Å². The maximum atomic E-state index is 12.8. The second-order valence-corrected chi connectivity index (χ2v) is 8.07. The summed E-state index contributed by atoms with van der Waals surface area (Å²) in [6.07, 6.45) is -0.941. The summed E-state index contributed by atoms with van der Waals surface area (Å²) in [5.41, 5.74) is 0.168. The van der Waals surface area contributed by atoms with Gasteiger partial charge < -0.3 is 14.5 Å². The van der Waals surface area contributed by atoms with Gasteiger partial charge in [-0.25, -0.2) is 13.2 Å². The first-order valence-corrected chi connectivity index (χ1v) is 9.24. The summed E-state index contributed by atoms with van der Waals surface area (Å²) in [6.45, 7) is 0.859. The molecule has 1 aliphatic rings. The molecule has 26 heavy (non-hydrogen) atoms. The van der Waals surface area contributed by atoms with Crippen molar-refractivity contribution in [2.24, 2.45) is 4.99 Å². The number of ether oxygens (including phenoxy) is 1. The number of guanidine groups is 1. The molecular weight excluding hydrogens is 358 g/mol. The number of aliphatic imine (C=N–C) groups is 1. The molecular formula is C17H21N3O5S. The summed E-state index contributed by atoms with van der Waals surface area (Å²) in [5, 5.41) is 0. The van der Waals surface area contributed by atoms with Gasteiger partial charge in [0.05, 0.1) is 9.80 Å². The van der Waals surface area contributed by atoms with Gasteiger partial charge in [-0.1, -0.05) is 12.1 Å². The lowest BCUT2D eigenvalue weighted by Crippen LogP contribution is -2.36. The minimum absolute atomic E-state index is 0.0425. The first kappa shape index (κ1) is 19.6. The fourth-order valence-electron chi connectivity index (χ4n) is 2.58. The molecule has 1 aromatic rings. The summed E-state index contributed by atoms with van der Waals surface area (Å²) >= 11 is 0. The molecule has 9 heteroatoms. The van der Waals surface area contributed by atoms with Crippen molar-refractivity contribution in [3.63, 3.8) is 0 Å². The zero-order valence-electron chi connectivity index (χ0n) is 15.3. The van der Waals surface area contributed by atoms with Crippen LogP contribution in [0.5, 0.6) is 0 Å². The molecule has 1 amide bonds. The minimum Gasteiger partial charge on any atom is -0.442 e. The Morgan fingerprint density at radius 3 is 2.27 bits per heavy atom. The molecule has 0 atom stereocenters. The molecule has 140 valence electrons. The van der Waals surface area contributed by atoms with Gasteiger partial charge in [0.2, 0.25) is 15.8 Å². The Kier molecular flexibility index (Phi) is 5.50. The van der Waals surface area contributed by atoms with Crippen LogP contribution in [0.1, 0.15) is 17.3 Å². The Bertz CT molecular complexity index is 904. The average molecular weight is 379 g/mol. The number of carbonyl (C=O) groups excluding carboxylic acids is 2. The Hall–Kier alpha value is -2.68. The molecule has 1 aliphatic heterocycles. The molecule has 0 bridgehead atoms. The van der Waals surface area contributed by atoms with Crippen molar-refractivity contribution >= 4 is 27.7 Å². The summed E-state index contributed by atoms with van der Waals surface area (Å²) in [6, 6.07) is 5.97. The largest absolute Gasteiger partial charge is 0.442 e. The lowest BCUT2D eigenvalue weighted by Gasteiger charge is -2.22. The number of sulfone groups is 1. The van der Waals surface area contributed by atoms with E-state index in [2.05, 4.69) is 4.99 Å². The molecule has 0 saturated heterocycles. The highest BCUT2D eigenvalue weighted by Crippen LogP contribution is 2.32. The van der Waals surface area contributed by atoms with E-state index in [1.54, 1.807) is 50.1 Å². The van der Waals surface area contributed by atoms with Gasteiger partial charge in [-0.3, -0.25) is 4.79 Å². The van der Waals surface area contributed by atoms with Crippen LogP contribution >= 0.6 is 0 Å². The highest BCUT2D eigenvalue weighted by atomic mass is 32.2. The maximum absolute atomic E-state index is 12.8. The highest BCUT2D eigenvalue weighted by Gasteiger charge is 2.35. The number of rotatable bonds is 2. The number of allylic oxidation sites excluding steroid dienone is 1. The molecule has 2 rings (SSSR count). The molecule has 0 unspecified atom stereocenters. The molecule has 1 aromatic carbocycles. The van der Waals surface area contributed by atoms with Crippen molar-refractivity contribution in [3.8, 4) is 0 Å². The molecule has 0 N–H and O–H groups in total. The predicted molar refractivity (Wildman–Crippen MR) is 96.8 cm³/mol. The first-order valence-electron chi connectivity index (χ1n) is 7.76. The monoisotopic (exact) mass is 379 g/mol. The third-order valence-corrected chi connectivity index (χ3v) is 5.83. The molecule has 0 aromatic heterocycles. The van der Waals surface area contributed by atoms with E-state index in [-0.39, 0.29) is 20.9 Å². The van der Waals surface area contributed by atoms with E-state index in [0.717, 1.165) is 0 Å². The number of nitrogens with zero attached hydrogens (tertiary/aromatic N) is 3. The van der Waals surface area contributed by atoms with Crippen LogP contribution in [0, 0.1) is 0 Å². The normalized spacial score (nSPS) is 15.2.